The van der Waals surface area contributed by atoms with Crippen LogP contribution < -0.4 is 5.73 Å². The molecule has 2 N–H and O–H groups in total. The molecule has 82 valence electrons. The van der Waals surface area contributed by atoms with Crippen molar-refractivity contribution in [3.8, 4) is 0 Å². The fraction of sp³-hybridized carbons (Fsp3) is 1.00. The second-order valence-electron chi connectivity index (χ2n) is 4.71. The van der Waals surface area contributed by atoms with Gasteiger partial charge in [-0.1, -0.05) is 6.92 Å². The van der Waals surface area contributed by atoms with Gasteiger partial charge >= 0.3 is 0 Å². The molecule has 3 heteroatoms. The minimum atomic E-state index is 0.444. The number of hydrogen-bond acceptors (Lipinski definition) is 3. The lowest BCUT2D eigenvalue weighted by molar-refractivity contribution is 0.130. The molecule has 1 atom stereocenters. The second-order valence-corrected chi connectivity index (χ2v) is 4.71. The minimum absolute atomic E-state index is 0.444. The summed E-state index contributed by atoms with van der Waals surface area (Å²) in [5.41, 5.74) is 5.93. The molecule has 0 saturated carbocycles. The smallest absolute Gasteiger partial charge is 0.0180 e. The Balaban J connectivity index is 1.78. The van der Waals surface area contributed by atoms with Gasteiger partial charge in [0.1, 0.15) is 0 Å². The van der Waals surface area contributed by atoms with E-state index >= 15 is 0 Å². The topological polar surface area (TPSA) is 32.5 Å². The van der Waals surface area contributed by atoms with Gasteiger partial charge in [0.25, 0.3) is 0 Å². The first-order valence-corrected chi connectivity index (χ1v) is 6.01. The molecule has 0 aromatic carbocycles. The Morgan fingerprint density at radius 1 is 1.14 bits per heavy atom. The Morgan fingerprint density at radius 2 is 1.86 bits per heavy atom. The molecule has 0 amide bonds. The summed E-state index contributed by atoms with van der Waals surface area (Å²) in [7, 11) is 0. The van der Waals surface area contributed by atoms with Crippen molar-refractivity contribution in [2.75, 3.05) is 32.7 Å². The molecule has 2 aliphatic heterocycles. The molecule has 2 rings (SSSR count). The summed E-state index contributed by atoms with van der Waals surface area (Å²) in [5, 5.41) is 0. The van der Waals surface area contributed by atoms with Gasteiger partial charge in [0.15, 0.2) is 0 Å². The zero-order valence-electron chi connectivity index (χ0n) is 9.28. The normalized spacial score (nSPS) is 32.6. The zero-order valence-corrected chi connectivity index (χ0v) is 9.28. The summed E-state index contributed by atoms with van der Waals surface area (Å²) in [6.07, 6.45) is 3.90. The van der Waals surface area contributed by atoms with E-state index in [1.165, 1.54) is 45.4 Å². The summed E-state index contributed by atoms with van der Waals surface area (Å²) >= 11 is 0. The summed E-state index contributed by atoms with van der Waals surface area (Å²) in [6.45, 7) is 8.41. The Kier molecular flexibility index (Phi) is 3.42. The van der Waals surface area contributed by atoms with Crippen LogP contribution in [0.15, 0.2) is 0 Å². The van der Waals surface area contributed by atoms with Crippen molar-refractivity contribution in [1.29, 1.82) is 0 Å². The van der Waals surface area contributed by atoms with Crippen molar-refractivity contribution in [3.05, 3.63) is 0 Å². The fourth-order valence-electron chi connectivity index (χ4n) is 2.75. The lowest BCUT2D eigenvalue weighted by Crippen LogP contribution is -2.44. The Hall–Kier alpha value is -0.120. The molecular weight excluding hydrogens is 174 g/mol. The maximum Gasteiger partial charge on any atom is 0.0180 e. The van der Waals surface area contributed by atoms with Crippen molar-refractivity contribution in [2.45, 2.75) is 38.3 Å². The predicted octanol–water partition coefficient (Wildman–Crippen LogP) is 0.504. The first-order valence-electron chi connectivity index (χ1n) is 6.01. The molecule has 2 fully saturated rings. The Morgan fingerprint density at radius 3 is 2.36 bits per heavy atom. The van der Waals surface area contributed by atoms with Crippen LogP contribution in [0.2, 0.25) is 0 Å². The largest absolute Gasteiger partial charge is 0.326 e. The second kappa shape index (κ2) is 4.60. The van der Waals surface area contributed by atoms with E-state index in [9.17, 15) is 0 Å². The highest BCUT2D eigenvalue weighted by Crippen LogP contribution is 2.20. The van der Waals surface area contributed by atoms with Crippen LogP contribution in [-0.4, -0.2) is 54.6 Å². The molecule has 0 radical (unpaired) electrons. The van der Waals surface area contributed by atoms with Gasteiger partial charge in [-0.3, -0.25) is 4.90 Å². The van der Waals surface area contributed by atoms with Crippen LogP contribution in [0.1, 0.15) is 26.2 Å². The fourth-order valence-corrected chi connectivity index (χ4v) is 2.75. The van der Waals surface area contributed by atoms with Crippen LogP contribution in [0.4, 0.5) is 0 Å². The average Bonchev–Trinajstić information content (AvgIpc) is 2.65. The lowest BCUT2D eigenvalue weighted by Gasteiger charge is -2.36. The number of likely N-dealkylation sites (tertiary alicyclic amines) is 2. The number of nitrogens with zero attached hydrogens (tertiary/aromatic N) is 2. The molecule has 2 heterocycles. The molecular formula is C11H23N3. The molecule has 14 heavy (non-hydrogen) atoms. The van der Waals surface area contributed by atoms with E-state index in [4.69, 9.17) is 5.73 Å². The SMILES string of the molecule is CCN1CCC(N2CC[C@@H](N)C2)CC1. The maximum absolute atomic E-state index is 5.93. The Bertz CT molecular complexity index is 175. The van der Waals surface area contributed by atoms with Gasteiger partial charge in [-0.15, -0.1) is 0 Å². The van der Waals surface area contributed by atoms with Crippen LogP contribution in [0.5, 0.6) is 0 Å². The number of hydrogen-bond donors (Lipinski definition) is 1. The standard InChI is InChI=1S/C11H23N3/c1-2-13-6-4-11(5-7-13)14-8-3-10(12)9-14/h10-11H,2-9,12H2,1H3/t10-/m1/s1. The quantitative estimate of drug-likeness (QED) is 0.700. The van der Waals surface area contributed by atoms with Crippen LogP contribution >= 0.6 is 0 Å². The monoisotopic (exact) mass is 197 g/mol. The van der Waals surface area contributed by atoms with Crippen LogP contribution in [-0.2, 0) is 0 Å². The molecule has 2 saturated heterocycles. The van der Waals surface area contributed by atoms with Crippen molar-refractivity contribution in [3.63, 3.8) is 0 Å². The van der Waals surface area contributed by atoms with E-state index < -0.39 is 0 Å². The van der Waals surface area contributed by atoms with E-state index in [1.807, 2.05) is 0 Å². The highest BCUT2D eigenvalue weighted by molar-refractivity contribution is 4.86. The first-order chi connectivity index (χ1) is 6.79. The van der Waals surface area contributed by atoms with E-state index in [0.717, 1.165) is 12.6 Å². The number of rotatable bonds is 2. The molecule has 0 bridgehead atoms. The van der Waals surface area contributed by atoms with Crippen molar-refractivity contribution < 1.29 is 0 Å². The number of nitrogens with two attached hydrogens (primary N) is 1. The van der Waals surface area contributed by atoms with Gasteiger partial charge in [-0.25, -0.2) is 0 Å². The third kappa shape index (κ3) is 2.27. The first kappa shape index (κ1) is 10.4. The molecule has 0 spiro atoms. The summed E-state index contributed by atoms with van der Waals surface area (Å²) in [6, 6.07) is 1.27. The van der Waals surface area contributed by atoms with Crippen molar-refractivity contribution in [2.24, 2.45) is 5.73 Å². The van der Waals surface area contributed by atoms with Crippen LogP contribution in [0.25, 0.3) is 0 Å². The van der Waals surface area contributed by atoms with Gasteiger partial charge < -0.3 is 10.6 Å². The van der Waals surface area contributed by atoms with Gasteiger partial charge in [-0.2, -0.15) is 0 Å². The van der Waals surface area contributed by atoms with E-state index in [-0.39, 0.29) is 0 Å². The third-order valence-electron chi connectivity index (χ3n) is 3.78. The maximum atomic E-state index is 5.93. The summed E-state index contributed by atoms with van der Waals surface area (Å²) in [4.78, 5) is 5.16. The lowest BCUT2D eigenvalue weighted by atomic mass is 10.0. The van der Waals surface area contributed by atoms with Crippen molar-refractivity contribution in [1.82, 2.24) is 9.80 Å². The molecule has 0 aromatic rings. The van der Waals surface area contributed by atoms with Gasteiger partial charge in [0.2, 0.25) is 0 Å². The van der Waals surface area contributed by atoms with Crippen LogP contribution in [0, 0.1) is 0 Å². The van der Waals surface area contributed by atoms with Gasteiger partial charge in [0, 0.05) is 25.2 Å². The van der Waals surface area contributed by atoms with Crippen LogP contribution in [0.3, 0.4) is 0 Å². The van der Waals surface area contributed by atoms with Crippen molar-refractivity contribution >= 4 is 0 Å². The summed E-state index contributed by atoms with van der Waals surface area (Å²) < 4.78 is 0. The molecule has 0 unspecified atom stereocenters. The summed E-state index contributed by atoms with van der Waals surface area (Å²) in [5.74, 6) is 0. The highest BCUT2D eigenvalue weighted by Gasteiger charge is 2.28. The predicted molar refractivity (Wildman–Crippen MR) is 59.3 cm³/mol. The molecule has 2 aliphatic rings. The minimum Gasteiger partial charge on any atom is -0.326 e. The zero-order chi connectivity index (χ0) is 9.97. The molecule has 0 aliphatic carbocycles. The molecule has 3 nitrogen and oxygen atoms in total. The third-order valence-corrected chi connectivity index (χ3v) is 3.78. The van der Waals surface area contributed by atoms with E-state index in [2.05, 4.69) is 16.7 Å². The molecule has 0 aromatic heterocycles. The van der Waals surface area contributed by atoms with E-state index in [0.29, 0.717) is 6.04 Å². The number of piperidine rings is 1. The highest BCUT2D eigenvalue weighted by atomic mass is 15.2. The Labute approximate surface area is 87.2 Å². The van der Waals surface area contributed by atoms with E-state index in [1.54, 1.807) is 0 Å². The van der Waals surface area contributed by atoms with Gasteiger partial charge in [0.05, 0.1) is 0 Å². The van der Waals surface area contributed by atoms with Gasteiger partial charge in [-0.05, 0) is 38.9 Å². The average molecular weight is 197 g/mol.